The molecule has 2 atom stereocenters. The number of hydrogen-bond donors (Lipinski definition) is 0. The first kappa shape index (κ1) is 13.7. The van der Waals surface area contributed by atoms with Crippen molar-refractivity contribution in [2.24, 2.45) is 0 Å². The molecule has 0 bridgehead atoms. The van der Waals surface area contributed by atoms with Gasteiger partial charge in [0.05, 0.1) is 10.8 Å². The molecule has 0 aliphatic rings. The second-order valence-corrected chi connectivity index (χ2v) is 7.12. The monoisotopic (exact) mass is 274 g/mol. The minimum atomic E-state index is 0. The van der Waals surface area contributed by atoms with Crippen molar-refractivity contribution in [3.63, 3.8) is 0 Å². The maximum absolute atomic E-state index is 2.36. The van der Waals surface area contributed by atoms with E-state index in [9.17, 15) is 0 Å². The quantitative estimate of drug-likeness (QED) is 0.491. The lowest BCUT2D eigenvalue weighted by Gasteiger charge is -2.14. The molecule has 0 aliphatic carbocycles. The highest BCUT2D eigenvalue weighted by atomic mass is 127. The van der Waals surface area contributed by atoms with E-state index in [1.165, 1.54) is 6.42 Å². The van der Waals surface area contributed by atoms with Gasteiger partial charge in [0.15, 0.2) is 0 Å². The Bertz CT molecular complexity index is 75.8. The fourth-order valence-corrected chi connectivity index (χ4v) is 2.91. The Morgan fingerprint density at radius 2 is 1.70 bits per heavy atom. The summed E-state index contributed by atoms with van der Waals surface area (Å²) in [6.07, 6.45) is 1.35. The van der Waals surface area contributed by atoms with Crippen molar-refractivity contribution < 1.29 is 24.0 Å². The van der Waals surface area contributed by atoms with Crippen LogP contribution in [-0.2, 0) is 0 Å². The summed E-state index contributed by atoms with van der Waals surface area (Å²) in [6, 6.07) is 0. The molecule has 0 fully saturated rings. The van der Waals surface area contributed by atoms with Crippen molar-refractivity contribution in [2.75, 3.05) is 0 Å². The second kappa shape index (κ2) is 5.77. The van der Waals surface area contributed by atoms with Crippen molar-refractivity contribution in [3.05, 3.63) is 0 Å². The number of halogens is 1. The summed E-state index contributed by atoms with van der Waals surface area (Å²) in [6.45, 7) is 11.7. The lowest BCUT2D eigenvalue weighted by atomic mass is 10.3. The Morgan fingerprint density at radius 3 is 1.80 bits per heavy atom. The van der Waals surface area contributed by atoms with E-state index in [-0.39, 0.29) is 24.0 Å². The fraction of sp³-hybridized carbons (Fsp3) is 1.00. The Kier molecular flexibility index (Phi) is 7.92. The van der Waals surface area contributed by atoms with Crippen LogP contribution in [0.2, 0.25) is 0 Å². The number of hydrogen-bond acceptors (Lipinski definition) is 0. The van der Waals surface area contributed by atoms with E-state index in [1.54, 1.807) is 0 Å². The molecule has 0 nitrogen and oxygen atoms in total. The molecule has 0 rings (SSSR count). The van der Waals surface area contributed by atoms with Crippen LogP contribution in [0, 0.1) is 0 Å². The van der Waals surface area contributed by atoms with Crippen molar-refractivity contribution in [2.45, 2.75) is 51.9 Å². The van der Waals surface area contributed by atoms with Crippen LogP contribution >= 0.6 is 8.58 Å². The molecule has 0 saturated carbocycles. The molecule has 2 unspecified atom stereocenters. The summed E-state index contributed by atoms with van der Waals surface area (Å²) in [4.78, 5) is 0. The smallest absolute Gasteiger partial charge is 0.0673 e. The Labute approximate surface area is 84.4 Å². The second-order valence-electron chi connectivity index (χ2n) is 3.92. The third-order valence-corrected chi connectivity index (χ3v) is 3.47. The standard InChI is InChI=1S/C8H19P.HI/c1-6-7(2)9-8(3,4)5;/h7,9H,6H2,1-5H3;1H. The van der Waals surface area contributed by atoms with Gasteiger partial charge in [0.1, 0.15) is 0 Å². The van der Waals surface area contributed by atoms with Crippen molar-refractivity contribution in [3.8, 4) is 0 Å². The minimum Gasteiger partial charge on any atom is -1.00 e. The molecular formula is C8H20IP. The van der Waals surface area contributed by atoms with Crippen molar-refractivity contribution >= 4 is 8.58 Å². The van der Waals surface area contributed by atoms with Crippen LogP contribution in [0.15, 0.2) is 0 Å². The van der Waals surface area contributed by atoms with Gasteiger partial charge in [-0.2, -0.15) is 0 Å². The van der Waals surface area contributed by atoms with Gasteiger partial charge in [-0.15, -0.1) is 0 Å². The van der Waals surface area contributed by atoms with Crippen LogP contribution in [0.1, 0.15) is 41.0 Å². The van der Waals surface area contributed by atoms with E-state index < -0.39 is 0 Å². The Morgan fingerprint density at radius 1 is 1.30 bits per heavy atom. The van der Waals surface area contributed by atoms with E-state index in [0.717, 1.165) is 5.66 Å². The average molecular weight is 274 g/mol. The molecule has 2 heteroatoms. The van der Waals surface area contributed by atoms with Crippen LogP contribution < -0.4 is 24.0 Å². The molecule has 0 radical (unpaired) electrons. The zero-order valence-electron chi connectivity index (χ0n) is 7.74. The topological polar surface area (TPSA) is 0 Å². The highest BCUT2D eigenvalue weighted by molar-refractivity contribution is 7.40. The van der Waals surface area contributed by atoms with Crippen LogP contribution in [0.25, 0.3) is 0 Å². The zero-order valence-corrected chi connectivity index (χ0v) is 11.1. The molecule has 0 aromatic carbocycles. The molecule has 0 aromatic heterocycles. The van der Waals surface area contributed by atoms with Gasteiger partial charge < -0.3 is 24.0 Å². The SMILES string of the molecule is CCC(C)[PH2+]C(C)(C)C.[I-]. The number of rotatable bonds is 2. The first-order valence-corrected chi connectivity index (χ1v) is 5.06. The van der Waals surface area contributed by atoms with E-state index in [1.807, 2.05) is 0 Å². The highest BCUT2D eigenvalue weighted by Crippen LogP contribution is 2.35. The van der Waals surface area contributed by atoms with Gasteiger partial charge in [-0.3, -0.25) is 0 Å². The molecule has 0 amide bonds. The van der Waals surface area contributed by atoms with Gasteiger partial charge >= 0.3 is 0 Å². The molecule has 0 spiro atoms. The molecule has 0 N–H and O–H groups in total. The van der Waals surface area contributed by atoms with Gasteiger partial charge in [0.25, 0.3) is 0 Å². The Balaban J connectivity index is 0. The lowest BCUT2D eigenvalue weighted by molar-refractivity contribution is -0.00000240. The molecule has 0 aliphatic heterocycles. The van der Waals surface area contributed by atoms with Crippen LogP contribution in [0.5, 0.6) is 0 Å². The largest absolute Gasteiger partial charge is 1.00 e. The Hall–Kier alpha value is 1.16. The summed E-state index contributed by atoms with van der Waals surface area (Å²) in [7, 11) is 0.645. The van der Waals surface area contributed by atoms with Crippen LogP contribution in [0.4, 0.5) is 0 Å². The minimum absolute atomic E-state index is 0. The maximum atomic E-state index is 2.36. The zero-order chi connectivity index (χ0) is 7.49. The molecule has 0 saturated heterocycles. The van der Waals surface area contributed by atoms with Gasteiger partial charge in [-0.1, -0.05) is 6.92 Å². The first-order valence-electron chi connectivity index (χ1n) is 3.81. The third kappa shape index (κ3) is 9.16. The van der Waals surface area contributed by atoms with E-state index >= 15 is 0 Å². The predicted octanol–water partition coefficient (Wildman–Crippen LogP) is -0.00180. The van der Waals surface area contributed by atoms with Crippen molar-refractivity contribution in [1.29, 1.82) is 0 Å². The fourth-order valence-electron chi connectivity index (χ4n) is 0.971. The lowest BCUT2D eigenvalue weighted by Crippen LogP contribution is -3.00. The van der Waals surface area contributed by atoms with E-state index in [2.05, 4.69) is 34.6 Å². The van der Waals surface area contributed by atoms with Crippen LogP contribution in [-0.4, -0.2) is 10.8 Å². The molecule has 10 heavy (non-hydrogen) atoms. The van der Waals surface area contributed by atoms with Crippen molar-refractivity contribution in [1.82, 2.24) is 0 Å². The summed E-state index contributed by atoms with van der Waals surface area (Å²) < 4.78 is 0. The van der Waals surface area contributed by atoms with E-state index in [0.29, 0.717) is 13.7 Å². The highest BCUT2D eigenvalue weighted by Gasteiger charge is 2.20. The normalized spacial score (nSPS) is 15.3. The maximum Gasteiger partial charge on any atom is 0.0673 e. The third-order valence-electron chi connectivity index (χ3n) is 1.43. The van der Waals surface area contributed by atoms with Gasteiger partial charge in [0.2, 0.25) is 0 Å². The summed E-state index contributed by atoms with van der Waals surface area (Å²) in [5.74, 6) is 0. The van der Waals surface area contributed by atoms with Crippen LogP contribution in [0.3, 0.4) is 0 Å². The van der Waals surface area contributed by atoms with Gasteiger partial charge in [-0.05, 0) is 42.7 Å². The average Bonchev–Trinajstić information content (AvgIpc) is 1.62. The molecular weight excluding hydrogens is 254 g/mol. The van der Waals surface area contributed by atoms with Gasteiger partial charge in [0, 0.05) is 0 Å². The predicted molar refractivity (Wildman–Crippen MR) is 49.2 cm³/mol. The summed E-state index contributed by atoms with van der Waals surface area (Å²) in [5.41, 5.74) is 0.977. The van der Waals surface area contributed by atoms with Gasteiger partial charge in [-0.25, -0.2) is 0 Å². The van der Waals surface area contributed by atoms with E-state index in [4.69, 9.17) is 0 Å². The molecule has 64 valence electrons. The molecule has 0 heterocycles. The summed E-state index contributed by atoms with van der Waals surface area (Å²) >= 11 is 0. The molecule has 0 aromatic rings. The first-order chi connectivity index (χ1) is 3.95. The summed E-state index contributed by atoms with van der Waals surface area (Å²) in [5, 5.41) is 0.607.